The third kappa shape index (κ3) is 3.33. The van der Waals surface area contributed by atoms with Crippen molar-refractivity contribution in [2.45, 2.75) is 13.0 Å². The second kappa shape index (κ2) is 6.87. The summed E-state index contributed by atoms with van der Waals surface area (Å²) in [6.07, 6.45) is 0. The average molecular weight is 356 g/mol. The summed E-state index contributed by atoms with van der Waals surface area (Å²) in [7, 11) is 1.28. The molecule has 0 fully saturated rings. The lowest BCUT2D eigenvalue weighted by molar-refractivity contribution is 0.0562. The SMILES string of the molecule is CCNC(c1ccc(C(=O)OC)o1)c1c(F)cccc1Br. The summed E-state index contributed by atoms with van der Waals surface area (Å²) in [4.78, 5) is 11.5. The number of nitrogens with one attached hydrogen (secondary N) is 1. The van der Waals surface area contributed by atoms with Gasteiger partial charge in [-0.05, 0) is 30.8 Å². The second-order valence-electron chi connectivity index (χ2n) is 4.32. The van der Waals surface area contributed by atoms with Gasteiger partial charge in [0.1, 0.15) is 11.6 Å². The van der Waals surface area contributed by atoms with Crippen LogP contribution in [0.2, 0.25) is 0 Å². The predicted molar refractivity (Wildman–Crippen MR) is 79.7 cm³/mol. The quantitative estimate of drug-likeness (QED) is 0.831. The van der Waals surface area contributed by atoms with Crippen molar-refractivity contribution in [3.63, 3.8) is 0 Å². The number of hydrogen-bond donors (Lipinski definition) is 1. The fourth-order valence-electron chi connectivity index (χ4n) is 2.05. The Morgan fingerprint density at radius 1 is 1.43 bits per heavy atom. The minimum Gasteiger partial charge on any atom is -0.463 e. The van der Waals surface area contributed by atoms with E-state index < -0.39 is 12.0 Å². The van der Waals surface area contributed by atoms with E-state index in [0.717, 1.165) is 0 Å². The number of carbonyl (C=O) groups excluding carboxylic acids is 1. The smallest absolute Gasteiger partial charge is 0.373 e. The summed E-state index contributed by atoms with van der Waals surface area (Å²) in [6.45, 7) is 2.52. The molecule has 0 amide bonds. The Kier molecular flexibility index (Phi) is 5.14. The van der Waals surface area contributed by atoms with Gasteiger partial charge in [0.15, 0.2) is 0 Å². The van der Waals surface area contributed by atoms with Gasteiger partial charge in [0, 0.05) is 10.0 Å². The zero-order chi connectivity index (χ0) is 15.4. The van der Waals surface area contributed by atoms with E-state index in [0.29, 0.717) is 22.3 Å². The maximum absolute atomic E-state index is 14.1. The van der Waals surface area contributed by atoms with Crippen molar-refractivity contribution in [1.29, 1.82) is 0 Å². The van der Waals surface area contributed by atoms with Crippen LogP contribution >= 0.6 is 15.9 Å². The summed E-state index contributed by atoms with van der Waals surface area (Å²) in [5.41, 5.74) is 0.435. The fraction of sp³-hybridized carbons (Fsp3) is 0.267. The Morgan fingerprint density at radius 2 is 2.19 bits per heavy atom. The Morgan fingerprint density at radius 3 is 2.81 bits per heavy atom. The normalized spacial score (nSPS) is 12.2. The molecule has 112 valence electrons. The molecular formula is C15H15BrFNO3. The van der Waals surface area contributed by atoms with Crippen LogP contribution in [0.1, 0.15) is 34.8 Å². The molecule has 0 radical (unpaired) electrons. The van der Waals surface area contributed by atoms with E-state index >= 15 is 0 Å². The molecule has 6 heteroatoms. The molecule has 0 saturated heterocycles. The van der Waals surface area contributed by atoms with Gasteiger partial charge in [-0.2, -0.15) is 0 Å². The van der Waals surface area contributed by atoms with Gasteiger partial charge in [-0.15, -0.1) is 0 Å². The predicted octanol–water partition coefficient (Wildman–Crippen LogP) is 3.67. The lowest BCUT2D eigenvalue weighted by atomic mass is 10.0. The second-order valence-corrected chi connectivity index (χ2v) is 5.17. The van der Waals surface area contributed by atoms with E-state index in [1.54, 1.807) is 18.2 Å². The number of carbonyl (C=O) groups is 1. The summed E-state index contributed by atoms with van der Waals surface area (Å²) in [5, 5.41) is 3.15. The van der Waals surface area contributed by atoms with E-state index in [9.17, 15) is 9.18 Å². The maximum atomic E-state index is 14.1. The molecule has 1 N–H and O–H groups in total. The summed E-state index contributed by atoms with van der Waals surface area (Å²) in [6, 6.07) is 7.41. The number of rotatable bonds is 5. The van der Waals surface area contributed by atoms with Crippen LogP contribution in [0, 0.1) is 5.82 Å². The van der Waals surface area contributed by atoms with Gasteiger partial charge in [-0.3, -0.25) is 0 Å². The molecule has 1 heterocycles. The third-order valence-electron chi connectivity index (χ3n) is 2.99. The third-order valence-corrected chi connectivity index (χ3v) is 3.69. The van der Waals surface area contributed by atoms with Crippen LogP contribution in [0.15, 0.2) is 39.2 Å². The van der Waals surface area contributed by atoms with Crippen LogP contribution in [0.3, 0.4) is 0 Å². The summed E-state index contributed by atoms with van der Waals surface area (Å²) in [5.74, 6) is -0.388. The van der Waals surface area contributed by atoms with E-state index in [1.165, 1.54) is 19.2 Å². The monoisotopic (exact) mass is 355 g/mol. The molecule has 2 rings (SSSR count). The highest BCUT2D eigenvalue weighted by molar-refractivity contribution is 9.10. The van der Waals surface area contributed by atoms with Crippen LogP contribution < -0.4 is 5.32 Å². The van der Waals surface area contributed by atoms with E-state index in [-0.39, 0.29) is 11.6 Å². The Labute approximate surface area is 130 Å². The van der Waals surface area contributed by atoms with Crippen LogP contribution in [0.5, 0.6) is 0 Å². The number of ether oxygens (including phenoxy) is 1. The first-order chi connectivity index (χ1) is 10.1. The molecule has 1 aromatic heterocycles. The van der Waals surface area contributed by atoms with Crippen LogP contribution in [-0.2, 0) is 4.74 Å². The number of furan rings is 1. The number of benzene rings is 1. The van der Waals surface area contributed by atoms with Crippen LogP contribution in [0.4, 0.5) is 4.39 Å². The lowest BCUT2D eigenvalue weighted by Crippen LogP contribution is -2.23. The van der Waals surface area contributed by atoms with Crippen LogP contribution in [0.25, 0.3) is 0 Å². The van der Waals surface area contributed by atoms with E-state index in [4.69, 9.17) is 4.42 Å². The van der Waals surface area contributed by atoms with Crippen molar-refractivity contribution < 1.29 is 18.3 Å². The van der Waals surface area contributed by atoms with Gasteiger partial charge in [0.25, 0.3) is 0 Å². The molecule has 0 spiro atoms. The number of hydrogen-bond acceptors (Lipinski definition) is 4. The number of halogens is 2. The van der Waals surface area contributed by atoms with Crippen molar-refractivity contribution in [3.8, 4) is 0 Å². The lowest BCUT2D eigenvalue weighted by Gasteiger charge is -2.18. The molecule has 2 aromatic rings. The Hall–Kier alpha value is -1.66. The molecule has 0 aliphatic rings. The molecule has 21 heavy (non-hydrogen) atoms. The van der Waals surface area contributed by atoms with Crippen LogP contribution in [-0.4, -0.2) is 19.6 Å². The molecule has 4 nitrogen and oxygen atoms in total. The van der Waals surface area contributed by atoms with Crippen molar-refractivity contribution in [1.82, 2.24) is 5.32 Å². The van der Waals surface area contributed by atoms with Gasteiger partial charge in [-0.25, -0.2) is 9.18 Å². The van der Waals surface area contributed by atoms with Gasteiger partial charge in [0.2, 0.25) is 5.76 Å². The summed E-state index contributed by atoms with van der Waals surface area (Å²) >= 11 is 3.35. The fourth-order valence-corrected chi connectivity index (χ4v) is 2.62. The van der Waals surface area contributed by atoms with Crippen molar-refractivity contribution in [2.24, 2.45) is 0 Å². The topological polar surface area (TPSA) is 51.5 Å². The van der Waals surface area contributed by atoms with Gasteiger partial charge in [-0.1, -0.05) is 28.9 Å². The molecule has 0 aliphatic heterocycles. The minimum absolute atomic E-state index is 0.0860. The number of esters is 1. The highest BCUT2D eigenvalue weighted by Crippen LogP contribution is 2.31. The van der Waals surface area contributed by atoms with Gasteiger partial charge < -0.3 is 14.5 Å². The van der Waals surface area contributed by atoms with E-state index in [1.807, 2.05) is 6.92 Å². The van der Waals surface area contributed by atoms with Gasteiger partial charge >= 0.3 is 5.97 Å². The maximum Gasteiger partial charge on any atom is 0.373 e. The molecular weight excluding hydrogens is 341 g/mol. The van der Waals surface area contributed by atoms with E-state index in [2.05, 4.69) is 26.0 Å². The summed E-state index contributed by atoms with van der Waals surface area (Å²) < 4.78 is 24.9. The van der Waals surface area contributed by atoms with Crippen molar-refractivity contribution in [3.05, 3.63) is 57.7 Å². The molecule has 1 unspecified atom stereocenters. The standard InChI is InChI=1S/C15H15BrFNO3/c1-3-18-14(13-9(16)5-4-6-10(13)17)11-7-8-12(21-11)15(19)20-2/h4-8,14,18H,3H2,1-2H3. The Balaban J connectivity index is 2.44. The first-order valence-electron chi connectivity index (χ1n) is 6.43. The first kappa shape index (κ1) is 15.7. The molecule has 0 saturated carbocycles. The van der Waals surface area contributed by atoms with Crippen molar-refractivity contribution in [2.75, 3.05) is 13.7 Å². The Bertz CT molecular complexity index is 621. The van der Waals surface area contributed by atoms with Gasteiger partial charge in [0.05, 0.1) is 13.2 Å². The molecule has 0 aliphatic carbocycles. The highest BCUT2D eigenvalue weighted by Gasteiger charge is 2.24. The molecule has 1 aromatic carbocycles. The number of methoxy groups -OCH3 is 1. The molecule has 0 bridgehead atoms. The van der Waals surface area contributed by atoms with Crippen molar-refractivity contribution >= 4 is 21.9 Å². The molecule has 1 atom stereocenters. The largest absolute Gasteiger partial charge is 0.463 e. The average Bonchev–Trinajstić information content (AvgIpc) is 2.95. The minimum atomic E-state index is -0.566. The zero-order valence-electron chi connectivity index (χ0n) is 11.7. The first-order valence-corrected chi connectivity index (χ1v) is 7.23. The highest BCUT2D eigenvalue weighted by atomic mass is 79.9. The zero-order valence-corrected chi connectivity index (χ0v) is 13.2.